The van der Waals surface area contributed by atoms with E-state index in [1.54, 1.807) is 24.3 Å². The molecule has 4 nitrogen and oxygen atoms in total. The van der Waals surface area contributed by atoms with Crippen molar-refractivity contribution in [1.82, 2.24) is 0 Å². The average molecular weight is 374 g/mol. The maximum Gasteiger partial charge on any atom is 0.262 e. The molecule has 0 saturated heterocycles. The molecule has 21 heavy (non-hydrogen) atoms. The van der Waals surface area contributed by atoms with Gasteiger partial charge in [0.25, 0.3) is 10.0 Å². The van der Waals surface area contributed by atoms with Crippen LogP contribution in [-0.2, 0) is 21.4 Å². The molecule has 0 saturated carbocycles. The van der Waals surface area contributed by atoms with Crippen molar-refractivity contribution in [2.24, 2.45) is 0 Å². The monoisotopic (exact) mass is 373 g/mol. The Morgan fingerprint density at radius 2 is 1.95 bits per heavy atom. The molecule has 2 rings (SSSR count). The summed E-state index contributed by atoms with van der Waals surface area (Å²) in [7, 11) is -2.34. The highest BCUT2D eigenvalue weighted by Crippen LogP contribution is 2.23. The first-order valence-electron chi connectivity index (χ1n) is 5.99. The molecular formula is C14H13BrFNO3S. The molecule has 2 aromatic carbocycles. The minimum absolute atomic E-state index is 0.143. The molecule has 112 valence electrons. The van der Waals surface area contributed by atoms with Gasteiger partial charge in [-0.1, -0.05) is 18.2 Å². The Morgan fingerprint density at radius 3 is 2.62 bits per heavy atom. The third-order valence-electron chi connectivity index (χ3n) is 2.76. The first-order valence-corrected chi connectivity index (χ1v) is 8.26. The maximum atomic E-state index is 13.5. The van der Waals surface area contributed by atoms with Crippen molar-refractivity contribution in [2.45, 2.75) is 11.5 Å². The minimum Gasteiger partial charge on any atom is -0.380 e. The Labute approximate surface area is 131 Å². The van der Waals surface area contributed by atoms with Crippen molar-refractivity contribution >= 4 is 31.6 Å². The molecule has 0 spiro atoms. The predicted octanol–water partition coefficient (Wildman–Crippen LogP) is 3.54. The smallest absolute Gasteiger partial charge is 0.262 e. The second-order valence-corrected chi connectivity index (χ2v) is 6.81. The highest BCUT2D eigenvalue weighted by Gasteiger charge is 2.17. The summed E-state index contributed by atoms with van der Waals surface area (Å²) in [4.78, 5) is -0.143. The van der Waals surface area contributed by atoms with Crippen LogP contribution in [0, 0.1) is 5.82 Å². The molecule has 0 aromatic heterocycles. The Bertz CT molecular complexity index is 750. The van der Waals surface area contributed by atoms with Crippen LogP contribution >= 0.6 is 15.9 Å². The summed E-state index contributed by atoms with van der Waals surface area (Å²) < 4.78 is 45.7. The van der Waals surface area contributed by atoms with Gasteiger partial charge in [-0.15, -0.1) is 0 Å². The third kappa shape index (κ3) is 3.81. The van der Waals surface area contributed by atoms with Crippen molar-refractivity contribution < 1.29 is 17.5 Å². The molecule has 7 heteroatoms. The van der Waals surface area contributed by atoms with E-state index < -0.39 is 15.8 Å². The largest absolute Gasteiger partial charge is 0.380 e. The van der Waals surface area contributed by atoms with Gasteiger partial charge < -0.3 is 4.74 Å². The zero-order valence-electron chi connectivity index (χ0n) is 11.1. The first-order chi connectivity index (χ1) is 9.94. The van der Waals surface area contributed by atoms with Crippen LogP contribution in [0.15, 0.2) is 51.8 Å². The SMILES string of the molecule is COCc1ccccc1NS(=O)(=O)c1ccc(Br)c(F)c1. The van der Waals surface area contributed by atoms with Crippen molar-refractivity contribution in [1.29, 1.82) is 0 Å². The standard InChI is InChI=1S/C14H13BrFNO3S/c1-20-9-10-4-2-3-5-14(10)17-21(18,19)11-6-7-12(15)13(16)8-11/h2-8,17H,9H2,1H3. The summed E-state index contributed by atoms with van der Waals surface area (Å²) in [5.41, 5.74) is 1.10. The van der Waals surface area contributed by atoms with Crippen molar-refractivity contribution in [3.63, 3.8) is 0 Å². The number of methoxy groups -OCH3 is 1. The minimum atomic E-state index is -3.86. The van der Waals surface area contributed by atoms with Gasteiger partial charge in [0.15, 0.2) is 0 Å². The van der Waals surface area contributed by atoms with Gasteiger partial charge in [0, 0.05) is 12.7 Å². The molecule has 0 aliphatic carbocycles. The van der Waals surface area contributed by atoms with Crippen molar-refractivity contribution in [3.8, 4) is 0 Å². The number of hydrogen-bond acceptors (Lipinski definition) is 3. The Kier molecular flexibility index (Phi) is 4.97. The normalized spacial score (nSPS) is 11.4. The molecule has 0 radical (unpaired) electrons. The van der Waals surface area contributed by atoms with E-state index in [4.69, 9.17) is 4.74 Å². The summed E-state index contributed by atoms with van der Waals surface area (Å²) in [5.74, 6) is -0.636. The summed E-state index contributed by atoms with van der Waals surface area (Å²) >= 11 is 2.99. The van der Waals surface area contributed by atoms with Crippen LogP contribution in [0.2, 0.25) is 0 Å². The summed E-state index contributed by atoms with van der Waals surface area (Å²) in [5, 5.41) is 0. The van der Waals surface area contributed by atoms with Crippen molar-refractivity contribution in [2.75, 3.05) is 11.8 Å². The van der Waals surface area contributed by atoms with Crippen LogP contribution < -0.4 is 4.72 Å². The predicted molar refractivity (Wildman–Crippen MR) is 82.1 cm³/mol. The third-order valence-corrected chi connectivity index (χ3v) is 4.77. The van der Waals surface area contributed by atoms with Gasteiger partial charge in [0.2, 0.25) is 0 Å². The number of halogens is 2. The fraction of sp³-hybridized carbons (Fsp3) is 0.143. The van der Waals surface area contributed by atoms with Crippen LogP contribution in [0.3, 0.4) is 0 Å². The molecule has 0 fully saturated rings. The molecule has 0 atom stereocenters. The van der Waals surface area contributed by atoms with E-state index in [9.17, 15) is 12.8 Å². The van der Waals surface area contributed by atoms with E-state index in [1.165, 1.54) is 19.2 Å². The van der Waals surface area contributed by atoms with Gasteiger partial charge in [-0.25, -0.2) is 12.8 Å². The molecule has 0 aliphatic rings. The van der Waals surface area contributed by atoms with Crippen LogP contribution in [0.5, 0.6) is 0 Å². The van der Waals surface area contributed by atoms with E-state index in [2.05, 4.69) is 20.7 Å². The second-order valence-electron chi connectivity index (χ2n) is 4.27. The first kappa shape index (κ1) is 15.9. The van der Waals surface area contributed by atoms with Crippen LogP contribution in [-0.4, -0.2) is 15.5 Å². The summed E-state index contributed by atoms with van der Waals surface area (Å²) in [6.45, 7) is 0.271. The number of hydrogen-bond donors (Lipinski definition) is 1. The lowest BCUT2D eigenvalue weighted by molar-refractivity contribution is 0.185. The summed E-state index contributed by atoms with van der Waals surface area (Å²) in [6.07, 6.45) is 0. The summed E-state index contributed by atoms with van der Waals surface area (Å²) in [6, 6.07) is 10.5. The number of para-hydroxylation sites is 1. The lowest BCUT2D eigenvalue weighted by Gasteiger charge is -2.12. The van der Waals surface area contributed by atoms with E-state index in [0.29, 0.717) is 11.3 Å². The average Bonchev–Trinajstić information content (AvgIpc) is 2.44. The Balaban J connectivity index is 2.35. The van der Waals surface area contributed by atoms with Gasteiger partial charge in [-0.3, -0.25) is 4.72 Å². The molecule has 0 bridgehead atoms. The lowest BCUT2D eigenvalue weighted by Crippen LogP contribution is -2.14. The molecule has 0 amide bonds. The number of rotatable bonds is 5. The topological polar surface area (TPSA) is 55.4 Å². The van der Waals surface area contributed by atoms with Crippen LogP contribution in [0.1, 0.15) is 5.56 Å². The number of benzene rings is 2. The molecule has 2 aromatic rings. The van der Waals surface area contributed by atoms with E-state index in [1.807, 2.05) is 0 Å². The Morgan fingerprint density at radius 1 is 1.24 bits per heavy atom. The lowest BCUT2D eigenvalue weighted by atomic mass is 10.2. The van der Waals surface area contributed by atoms with Crippen LogP contribution in [0.25, 0.3) is 0 Å². The molecular weight excluding hydrogens is 361 g/mol. The highest BCUT2D eigenvalue weighted by molar-refractivity contribution is 9.10. The fourth-order valence-corrected chi connectivity index (χ4v) is 3.11. The number of anilines is 1. The van der Waals surface area contributed by atoms with Gasteiger partial charge in [0.05, 0.1) is 21.7 Å². The maximum absolute atomic E-state index is 13.5. The van der Waals surface area contributed by atoms with Gasteiger partial charge in [0.1, 0.15) is 5.82 Å². The number of ether oxygens (including phenoxy) is 1. The van der Waals surface area contributed by atoms with E-state index in [0.717, 1.165) is 6.07 Å². The van der Waals surface area contributed by atoms with E-state index >= 15 is 0 Å². The van der Waals surface area contributed by atoms with Crippen LogP contribution in [0.4, 0.5) is 10.1 Å². The molecule has 0 aliphatic heterocycles. The van der Waals surface area contributed by atoms with Gasteiger partial charge in [-0.2, -0.15) is 0 Å². The fourth-order valence-electron chi connectivity index (χ4n) is 1.75. The molecule has 1 N–H and O–H groups in total. The highest BCUT2D eigenvalue weighted by atomic mass is 79.9. The second kappa shape index (κ2) is 6.55. The quantitative estimate of drug-likeness (QED) is 0.871. The van der Waals surface area contributed by atoms with E-state index in [-0.39, 0.29) is 16.0 Å². The molecule has 0 heterocycles. The van der Waals surface area contributed by atoms with Crippen molar-refractivity contribution in [3.05, 3.63) is 58.3 Å². The molecule has 0 unspecified atom stereocenters. The zero-order chi connectivity index (χ0) is 15.5. The van der Waals surface area contributed by atoms with Gasteiger partial charge in [-0.05, 0) is 40.2 Å². The Hall–Kier alpha value is -1.44. The zero-order valence-corrected chi connectivity index (χ0v) is 13.5. The van der Waals surface area contributed by atoms with Gasteiger partial charge >= 0.3 is 0 Å². The number of sulfonamides is 1. The number of nitrogens with one attached hydrogen (secondary N) is 1.